The van der Waals surface area contributed by atoms with Gasteiger partial charge in [0.15, 0.2) is 5.96 Å². The molecule has 0 aromatic carbocycles. The monoisotopic (exact) mass is 347 g/mol. The van der Waals surface area contributed by atoms with E-state index >= 15 is 0 Å². The second-order valence-corrected chi connectivity index (χ2v) is 6.22. The Morgan fingerprint density at radius 3 is 2.62 bits per heavy atom. The molecule has 6 nitrogen and oxygen atoms in total. The Hall–Kier alpha value is -1.77. The van der Waals surface area contributed by atoms with Gasteiger partial charge in [-0.25, -0.2) is 4.98 Å². The lowest BCUT2D eigenvalue weighted by molar-refractivity contribution is -0.272. The first-order valence-corrected chi connectivity index (χ1v) is 8.07. The van der Waals surface area contributed by atoms with E-state index in [1.165, 1.54) is 25.9 Å². The lowest BCUT2D eigenvalue weighted by Gasteiger charge is -2.29. The number of nitrogens with zero attached hydrogens (tertiary/aromatic N) is 3. The average Bonchev–Trinajstić information content (AvgIpc) is 2.93. The van der Waals surface area contributed by atoms with Crippen LogP contribution in [0, 0.1) is 0 Å². The number of guanidine groups is 1. The van der Waals surface area contributed by atoms with Crippen molar-refractivity contribution in [1.82, 2.24) is 14.9 Å². The van der Waals surface area contributed by atoms with Gasteiger partial charge in [-0.2, -0.15) is 13.2 Å². The predicted octanol–water partition coefficient (Wildman–Crippen LogP) is 1.80. The first-order chi connectivity index (χ1) is 11.2. The van der Waals surface area contributed by atoms with Crippen LogP contribution in [0.5, 0.6) is 0 Å². The van der Waals surface area contributed by atoms with Crippen LogP contribution in [-0.2, 0) is 12.6 Å². The van der Waals surface area contributed by atoms with Crippen molar-refractivity contribution < 1.29 is 18.3 Å². The van der Waals surface area contributed by atoms with Gasteiger partial charge in [-0.15, -0.1) is 0 Å². The summed E-state index contributed by atoms with van der Waals surface area (Å²) in [6.07, 6.45) is 2.45. The number of alkyl halides is 3. The van der Waals surface area contributed by atoms with Crippen LogP contribution in [0.2, 0.25) is 0 Å². The summed E-state index contributed by atoms with van der Waals surface area (Å²) in [7, 11) is 1.40. The van der Waals surface area contributed by atoms with Gasteiger partial charge < -0.3 is 20.7 Å². The molecule has 0 radical (unpaired) electrons. The molecule has 1 saturated carbocycles. The van der Waals surface area contributed by atoms with Crippen LogP contribution >= 0.6 is 0 Å². The van der Waals surface area contributed by atoms with E-state index in [1.807, 2.05) is 0 Å². The van der Waals surface area contributed by atoms with E-state index in [-0.39, 0.29) is 18.5 Å². The van der Waals surface area contributed by atoms with E-state index in [2.05, 4.69) is 15.3 Å². The maximum Gasteiger partial charge on any atom is 0.424 e. The van der Waals surface area contributed by atoms with Gasteiger partial charge in [-0.05, 0) is 12.8 Å². The fourth-order valence-electron chi connectivity index (χ4n) is 2.98. The maximum absolute atomic E-state index is 13.3. The minimum absolute atomic E-state index is 0.117. The van der Waals surface area contributed by atoms with E-state index in [1.54, 1.807) is 0 Å². The molecule has 1 atom stereocenters. The Kier molecular flexibility index (Phi) is 5.74. The summed E-state index contributed by atoms with van der Waals surface area (Å²) >= 11 is 0. The van der Waals surface area contributed by atoms with E-state index in [0.29, 0.717) is 0 Å². The number of hydrogen-bond donors (Lipinski definition) is 3. The molecule has 1 unspecified atom stereocenters. The molecule has 1 fully saturated rings. The first kappa shape index (κ1) is 18.6. The summed E-state index contributed by atoms with van der Waals surface area (Å²) in [6.45, 7) is -0.256. The Morgan fingerprint density at radius 2 is 2.08 bits per heavy atom. The van der Waals surface area contributed by atoms with Crippen LogP contribution < -0.4 is 11.1 Å². The van der Waals surface area contributed by atoms with Gasteiger partial charge >= 0.3 is 6.18 Å². The lowest BCUT2D eigenvalue weighted by atomic mass is 9.96. The van der Waals surface area contributed by atoms with Gasteiger partial charge in [0, 0.05) is 38.4 Å². The highest BCUT2D eigenvalue weighted by Gasteiger charge is 2.57. The second-order valence-electron chi connectivity index (χ2n) is 6.22. The summed E-state index contributed by atoms with van der Waals surface area (Å²) in [5.74, 6) is -0.338. The average molecular weight is 347 g/mol. The highest BCUT2D eigenvalue weighted by Crippen LogP contribution is 2.40. The van der Waals surface area contributed by atoms with Crippen molar-refractivity contribution in [3.63, 3.8) is 0 Å². The molecule has 0 spiro atoms. The van der Waals surface area contributed by atoms with Crippen LogP contribution in [0.25, 0.3) is 0 Å². The quantitative estimate of drug-likeness (QED) is 0.560. The number of hydrogen-bond acceptors (Lipinski definition) is 3. The van der Waals surface area contributed by atoms with E-state index < -0.39 is 24.0 Å². The summed E-state index contributed by atoms with van der Waals surface area (Å²) in [5.41, 5.74) is 2.69. The number of aliphatic hydroxyl groups is 1. The largest absolute Gasteiger partial charge is 0.424 e. The maximum atomic E-state index is 13.3. The molecule has 1 aromatic rings. The third-order valence-electron chi connectivity index (χ3n) is 4.37. The molecule has 0 saturated heterocycles. The Morgan fingerprint density at radius 1 is 1.42 bits per heavy atom. The van der Waals surface area contributed by atoms with Crippen molar-refractivity contribution in [2.24, 2.45) is 17.8 Å². The van der Waals surface area contributed by atoms with E-state index in [9.17, 15) is 18.3 Å². The summed E-state index contributed by atoms with van der Waals surface area (Å²) in [6, 6.07) is 0.221. The molecule has 1 aliphatic rings. The van der Waals surface area contributed by atoms with Crippen molar-refractivity contribution >= 4 is 5.96 Å². The standard InChI is InChI=1S/C15H24F3N5O/c1-23-10-9-20-12(23)14(24,15(16,17)18)7-8-21-13(19)22-11-5-3-2-4-6-11/h9-11,24H,2-8H2,1H3,(H3,19,21,22). The minimum Gasteiger partial charge on any atom is -0.374 e. The lowest BCUT2D eigenvalue weighted by Crippen LogP contribution is -2.45. The summed E-state index contributed by atoms with van der Waals surface area (Å²) in [5, 5.41) is 13.2. The van der Waals surface area contributed by atoms with Crippen LogP contribution in [0.1, 0.15) is 44.3 Å². The predicted molar refractivity (Wildman–Crippen MR) is 84.3 cm³/mol. The number of rotatable bonds is 5. The molecule has 0 amide bonds. The summed E-state index contributed by atoms with van der Waals surface area (Å²) < 4.78 is 41.2. The fraction of sp³-hybridized carbons (Fsp3) is 0.733. The molecular weight excluding hydrogens is 323 g/mol. The molecule has 1 aliphatic carbocycles. The number of imidazole rings is 1. The normalized spacial score (nSPS) is 20.0. The molecule has 4 N–H and O–H groups in total. The van der Waals surface area contributed by atoms with Crippen LogP contribution in [-0.4, -0.2) is 39.4 Å². The van der Waals surface area contributed by atoms with Crippen LogP contribution in [0.4, 0.5) is 13.2 Å². The Balaban J connectivity index is 2.00. The van der Waals surface area contributed by atoms with Crippen molar-refractivity contribution in [3.05, 3.63) is 18.2 Å². The number of nitrogens with two attached hydrogens (primary N) is 1. The third-order valence-corrected chi connectivity index (χ3v) is 4.37. The van der Waals surface area contributed by atoms with Gasteiger partial charge in [-0.1, -0.05) is 19.3 Å². The minimum atomic E-state index is -4.85. The molecule has 9 heteroatoms. The smallest absolute Gasteiger partial charge is 0.374 e. The Labute approximate surface area is 139 Å². The zero-order valence-electron chi connectivity index (χ0n) is 13.7. The van der Waals surface area contributed by atoms with Crippen molar-refractivity contribution in [3.8, 4) is 0 Å². The van der Waals surface area contributed by atoms with Crippen LogP contribution in [0.3, 0.4) is 0 Å². The van der Waals surface area contributed by atoms with E-state index in [4.69, 9.17) is 5.73 Å². The molecule has 136 valence electrons. The second kappa shape index (κ2) is 7.42. The molecular formula is C15H24F3N5O. The van der Waals surface area contributed by atoms with Gasteiger partial charge in [0.2, 0.25) is 5.60 Å². The number of aliphatic imine (C=N–C) groups is 1. The topological polar surface area (TPSA) is 88.5 Å². The SMILES string of the molecule is Cn1ccnc1C(O)(CCN=C(N)NC1CCCCC1)C(F)(F)F. The van der Waals surface area contributed by atoms with Crippen molar-refractivity contribution in [2.45, 2.75) is 56.3 Å². The zero-order chi connectivity index (χ0) is 17.8. The molecule has 1 heterocycles. The molecule has 1 aromatic heterocycles. The van der Waals surface area contributed by atoms with Crippen molar-refractivity contribution in [2.75, 3.05) is 6.54 Å². The first-order valence-electron chi connectivity index (χ1n) is 8.07. The highest BCUT2D eigenvalue weighted by molar-refractivity contribution is 5.78. The van der Waals surface area contributed by atoms with Crippen molar-refractivity contribution in [1.29, 1.82) is 0 Å². The van der Waals surface area contributed by atoms with Gasteiger partial charge in [0.25, 0.3) is 0 Å². The summed E-state index contributed by atoms with van der Waals surface area (Å²) in [4.78, 5) is 7.59. The fourth-order valence-corrected chi connectivity index (χ4v) is 2.98. The molecule has 0 bridgehead atoms. The van der Waals surface area contributed by atoms with E-state index in [0.717, 1.165) is 30.3 Å². The number of aryl methyl sites for hydroxylation is 1. The molecule has 0 aliphatic heterocycles. The van der Waals surface area contributed by atoms with Gasteiger partial charge in [0.1, 0.15) is 5.82 Å². The number of halogens is 3. The van der Waals surface area contributed by atoms with Gasteiger partial charge in [0.05, 0.1) is 0 Å². The molecule has 2 rings (SSSR count). The highest BCUT2D eigenvalue weighted by atomic mass is 19.4. The number of aromatic nitrogens is 2. The third kappa shape index (κ3) is 4.19. The zero-order valence-corrected chi connectivity index (χ0v) is 13.7. The molecule has 24 heavy (non-hydrogen) atoms. The number of nitrogens with one attached hydrogen (secondary N) is 1. The van der Waals surface area contributed by atoms with Crippen LogP contribution in [0.15, 0.2) is 17.4 Å². The Bertz CT molecular complexity index is 566. The van der Waals surface area contributed by atoms with Gasteiger partial charge in [-0.3, -0.25) is 4.99 Å².